The molecule has 2 N–H and O–H groups in total. The van der Waals surface area contributed by atoms with E-state index in [9.17, 15) is 4.79 Å². The van der Waals surface area contributed by atoms with Crippen molar-refractivity contribution in [2.75, 3.05) is 6.61 Å². The summed E-state index contributed by atoms with van der Waals surface area (Å²) in [5.74, 6) is 0.358. The van der Waals surface area contributed by atoms with E-state index in [1.807, 2.05) is 43.3 Å². The fourth-order valence-corrected chi connectivity index (χ4v) is 2.48. The summed E-state index contributed by atoms with van der Waals surface area (Å²) >= 11 is 6.03. The Bertz CT molecular complexity index is 937. The maximum absolute atomic E-state index is 12.2. The number of carbonyl (C=O) groups excluding carboxylic acids is 1. The number of carbonyl (C=O) groups is 1. The van der Waals surface area contributed by atoms with Crippen molar-refractivity contribution in [3.63, 3.8) is 0 Å². The highest BCUT2D eigenvalue weighted by molar-refractivity contribution is 6.33. The number of hydrogen-bond donors (Lipinski definition) is 2. The number of rotatable bonds is 6. The molecule has 0 radical (unpaired) electrons. The lowest BCUT2D eigenvalue weighted by atomic mass is 10.1. The molecule has 3 rings (SSSR count). The highest BCUT2D eigenvalue weighted by atomic mass is 35.5. The smallest absolute Gasteiger partial charge is 0.289 e. The van der Waals surface area contributed by atoms with Crippen LogP contribution in [0, 0.1) is 0 Å². The van der Waals surface area contributed by atoms with Crippen LogP contribution in [0.2, 0.25) is 5.02 Å². The van der Waals surface area contributed by atoms with Crippen molar-refractivity contribution in [2.45, 2.75) is 6.92 Å². The number of amides is 1. The van der Waals surface area contributed by atoms with Crippen LogP contribution in [0.15, 0.2) is 59.7 Å². The normalized spacial score (nSPS) is 10.8. The van der Waals surface area contributed by atoms with Crippen LogP contribution in [0.4, 0.5) is 0 Å². The van der Waals surface area contributed by atoms with Crippen molar-refractivity contribution >= 4 is 23.7 Å². The first kappa shape index (κ1) is 17.7. The molecule has 1 aromatic heterocycles. The Labute approximate surface area is 155 Å². The molecule has 0 bridgehead atoms. The Hall–Kier alpha value is -3.12. The lowest BCUT2D eigenvalue weighted by Crippen LogP contribution is -2.18. The number of H-pyrrole nitrogens is 1. The molecule has 132 valence electrons. The minimum absolute atomic E-state index is 0.304. The van der Waals surface area contributed by atoms with Crippen LogP contribution in [0.3, 0.4) is 0 Å². The molecule has 0 aliphatic carbocycles. The molecule has 0 aliphatic heterocycles. The summed E-state index contributed by atoms with van der Waals surface area (Å²) in [7, 11) is 0. The van der Waals surface area contributed by atoms with Gasteiger partial charge in [0.25, 0.3) is 5.91 Å². The number of aromatic nitrogens is 2. The lowest BCUT2D eigenvalue weighted by Gasteiger charge is -2.03. The van der Waals surface area contributed by atoms with Crippen LogP contribution < -0.4 is 10.2 Å². The summed E-state index contributed by atoms with van der Waals surface area (Å²) in [5, 5.41) is 11.4. The van der Waals surface area contributed by atoms with E-state index >= 15 is 0 Å². The van der Waals surface area contributed by atoms with Crippen LogP contribution in [0.1, 0.15) is 23.0 Å². The number of nitrogens with zero attached hydrogens (tertiary/aromatic N) is 2. The van der Waals surface area contributed by atoms with Gasteiger partial charge in [-0.25, -0.2) is 5.43 Å². The Morgan fingerprint density at radius 2 is 2.12 bits per heavy atom. The van der Waals surface area contributed by atoms with Gasteiger partial charge >= 0.3 is 0 Å². The maximum atomic E-state index is 12.2. The molecule has 2 aromatic carbocycles. The summed E-state index contributed by atoms with van der Waals surface area (Å²) < 4.78 is 5.48. The summed E-state index contributed by atoms with van der Waals surface area (Å²) in [4.78, 5) is 12.2. The van der Waals surface area contributed by atoms with Crippen molar-refractivity contribution in [3.05, 3.63) is 70.9 Å². The van der Waals surface area contributed by atoms with Crippen molar-refractivity contribution in [1.29, 1.82) is 0 Å². The molecule has 0 spiro atoms. The van der Waals surface area contributed by atoms with Gasteiger partial charge in [0.15, 0.2) is 0 Å². The van der Waals surface area contributed by atoms with Crippen LogP contribution in [0.25, 0.3) is 11.3 Å². The molecule has 1 heterocycles. The van der Waals surface area contributed by atoms with E-state index in [1.54, 1.807) is 18.2 Å². The van der Waals surface area contributed by atoms with E-state index in [0.29, 0.717) is 28.6 Å². The number of nitrogens with one attached hydrogen (secondary N) is 2. The number of hydrogen-bond acceptors (Lipinski definition) is 4. The standard InChI is InChI=1S/C19H17ClN4O2/c1-2-26-15-8-5-7-13(10-15)17-11-18(23-22-17)19(25)24-21-12-14-6-3-4-9-16(14)20/h3-12H,2H2,1H3,(H,22,23)(H,24,25). The van der Waals surface area contributed by atoms with Gasteiger partial charge in [0.1, 0.15) is 11.4 Å². The lowest BCUT2D eigenvalue weighted by molar-refractivity contribution is 0.0950. The zero-order valence-electron chi connectivity index (χ0n) is 14.1. The summed E-state index contributed by atoms with van der Waals surface area (Å²) in [6, 6.07) is 16.4. The fourth-order valence-electron chi connectivity index (χ4n) is 2.30. The molecule has 7 heteroatoms. The van der Waals surface area contributed by atoms with Crippen molar-refractivity contribution < 1.29 is 9.53 Å². The Kier molecular flexibility index (Phi) is 5.66. The van der Waals surface area contributed by atoms with Gasteiger partial charge in [-0.05, 0) is 31.2 Å². The zero-order valence-corrected chi connectivity index (χ0v) is 14.8. The fraction of sp³-hybridized carbons (Fsp3) is 0.105. The zero-order chi connectivity index (χ0) is 18.4. The number of benzene rings is 2. The minimum atomic E-state index is -0.395. The predicted octanol–water partition coefficient (Wildman–Crippen LogP) is 3.89. The molecule has 26 heavy (non-hydrogen) atoms. The summed E-state index contributed by atoms with van der Waals surface area (Å²) in [6.07, 6.45) is 1.49. The maximum Gasteiger partial charge on any atom is 0.289 e. The molecule has 0 atom stereocenters. The van der Waals surface area contributed by atoms with Gasteiger partial charge in [-0.3, -0.25) is 9.89 Å². The first-order chi connectivity index (χ1) is 12.7. The van der Waals surface area contributed by atoms with Gasteiger partial charge in [0.2, 0.25) is 0 Å². The van der Waals surface area contributed by atoms with Crippen molar-refractivity contribution in [1.82, 2.24) is 15.6 Å². The SMILES string of the molecule is CCOc1cccc(-c2cc(C(=O)NN=Cc3ccccc3Cl)[nH]n2)c1. The van der Waals surface area contributed by atoms with E-state index < -0.39 is 5.91 Å². The molecule has 0 saturated heterocycles. The van der Waals surface area contributed by atoms with E-state index in [-0.39, 0.29) is 0 Å². The van der Waals surface area contributed by atoms with Gasteiger partial charge < -0.3 is 4.74 Å². The van der Waals surface area contributed by atoms with Crippen LogP contribution in [-0.2, 0) is 0 Å². The highest BCUT2D eigenvalue weighted by Crippen LogP contribution is 2.22. The van der Waals surface area contributed by atoms with Gasteiger partial charge in [0, 0.05) is 16.1 Å². The van der Waals surface area contributed by atoms with E-state index in [4.69, 9.17) is 16.3 Å². The van der Waals surface area contributed by atoms with E-state index in [2.05, 4.69) is 20.7 Å². The third-order valence-corrected chi connectivity index (χ3v) is 3.88. The van der Waals surface area contributed by atoms with E-state index in [0.717, 1.165) is 11.3 Å². The van der Waals surface area contributed by atoms with Gasteiger partial charge in [-0.1, -0.05) is 41.9 Å². The number of aromatic amines is 1. The Morgan fingerprint density at radius 3 is 2.92 bits per heavy atom. The first-order valence-electron chi connectivity index (χ1n) is 8.04. The molecule has 6 nitrogen and oxygen atoms in total. The second-order valence-electron chi connectivity index (χ2n) is 5.35. The second kappa shape index (κ2) is 8.31. The molecule has 0 saturated carbocycles. The average molecular weight is 369 g/mol. The highest BCUT2D eigenvalue weighted by Gasteiger charge is 2.11. The largest absolute Gasteiger partial charge is 0.494 e. The minimum Gasteiger partial charge on any atom is -0.494 e. The Morgan fingerprint density at radius 1 is 1.27 bits per heavy atom. The van der Waals surface area contributed by atoms with E-state index in [1.165, 1.54) is 6.21 Å². The predicted molar refractivity (Wildman–Crippen MR) is 102 cm³/mol. The molecule has 0 aliphatic rings. The summed E-state index contributed by atoms with van der Waals surface area (Å²) in [6.45, 7) is 2.51. The van der Waals surface area contributed by atoms with Crippen LogP contribution in [-0.4, -0.2) is 28.9 Å². The number of hydrazone groups is 1. The van der Waals surface area contributed by atoms with Gasteiger partial charge in [0.05, 0.1) is 18.5 Å². The van der Waals surface area contributed by atoms with Gasteiger partial charge in [-0.2, -0.15) is 10.2 Å². The van der Waals surface area contributed by atoms with Crippen molar-refractivity contribution in [3.8, 4) is 17.0 Å². The molecule has 0 unspecified atom stereocenters. The topological polar surface area (TPSA) is 79.4 Å². The quantitative estimate of drug-likeness (QED) is 0.511. The number of halogens is 1. The first-order valence-corrected chi connectivity index (χ1v) is 8.41. The molecule has 1 amide bonds. The average Bonchev–Trinajstić information content (AvgIpc) is 3.14. The van der Waals surface area contributed by atoms with Crippen LogP contribution in [0.5, 0.6) is 5.75 Å². The van der Waals surface area contributed by atoms with Gasteiger partial charge in [-0.15, -0.1) is 0 Å². The number of ether oxygens (including phenoxy) is 1. The third-order valence-electron chi connectivity index (χ3n) is 3.54. The molecule has 0 fully saturated rings. The third kappa shape index (κ3) is 4.29. The molecular formula is C19H17ClN4O2. The van der Waals surface area contributed by atoms with Crippen LogP contribution >= 0.6 is 11.6 Å². The second-order valence-corrected chi connectivity index (χ2v) is 5.76. The molecular weight excluding hydrogens is 352 g/mol. The monoisotopic (exact) mass is 368 g/mol. The Balaban J connectivity index is 1.68. The molecule has 3 aromatic rings. The van der Waals surface area contributed by atoms with Crippen molar-refractivity contribution in [2.24, 2.45) is 5.10 Å². The summed E-state index contributed by atoms with van der Waals surface area (Å²) in [5.41, 5.74) is 4.96.